The largest absolute Gasteiger partial charge is 0.490 e. The zero-order chi connectivity index (χ0) is 18.8. The molecule has 2 aromatic carbocycles. The standard InChI is InChI=1S/C22H23FN2O2/c1-3-26-20-12-15-14-24-22(16-8-5-6-9-17(16)23)18-10-7-11-25(18)19(15)13-21(20)27-4-2/h5-13,22,24H,3-4,14H2,1-2H3/p+1/t22-/m0/s1. The van der Waals surface area contributed by atoms with Crippen molar-refractivity contribution in [2.24, 2.45) is 0 Å². The molecule has 27 heavy (non-hydrogen) atoms. The van der Waals surface area contributed by atoms with E-state index >= 15 is 0 Å². The second-order valence-corrected chi connectivity index (χ2v) is 6.54. The molecule has 0 amide bonds. The Morgan fingerprint density at radius 3 is 2.52 bits per heavy atom. The molecule has 140 valence electrons. The summed E-state index contributed by atoms with van der Waals surface area (Å²) in [5, 5.41) is 2.17. The number of halogens is 1. The van der Waals surface area contributed by atoms with Crippen molar-refractivity contribution in [1.29, 1.82) is 0 Å². The molecule has 4 nitrogen and oxygen atoms in total. The molecular weight excluding hydrogens is 343 g/mol. The number of rotatable bonds is 5. The topological polar surface area (TPSA) is 40.0 Å². The van der Waals surface area contributed by atoms with Gasteiger partial charge in [0, 0.05) is 17.8 Å². The maximum atomic E-state index is 14.5. The number of ether oxygens (including phenoxy) is 2. The first-order valence-corrected chi connectivity index (χ1v) is 9.40. The zero-order valence-electron chi connectivity index (χ0n) is 15.6. The zero-order valence-corrected chi connectivity index (χ0v) is 15.6. The Kier molecular flexibility index (Phi) is 4.86. The van der Waals surface area contributed by atoms with Gasteiger partial charge in [0.1, 0.15) is 12.4 Å². The van der Waals surface area contributed by atoms with Gasteiger partial charge in [-0.25, -0.2) is 4.39 Å². The van der Waals surface area contributed by atoms with E-state index in [0.29, 0.717) is 18.8 Å². The number of fused-ring (bicyclic) bond motifs is 3. The van der Waals surface area contributed by atoms with Crippen molar-refractivity contribution >= 4 is 0 Å². The van der Waals surface area contributed by atoms with E-state index in [-0.39, 0.29) is 11.9 Å². The summed E-state index contributed by atoms with van der Waals surface area (Å²) < 4.78 is 28.2. The van der Waals surface area contributed by atoms with Crippen molar-refractivity contribution < 1.29 is 19.2 Å². The molecule has 2 N–H and O–H groups in total. The molecule has 0 unspecified atom stereocenters. The van der Waals surface area contributed by atoms with E-state index < -0.39 is 0 Å². The normalized spacial score (nSPS) is 15.6. The minimum Gasteiger partial charge on any atom is -0.490 e. The lowest BCUT2D eigenvalue weighted by Gasteiger charge is -2.16. The van der Waals surface area contributed by atoms with Gasteiger partial charge in [-0.2, -0.15) is 0 Å². The van der Waals surface area contributed by atoms with E-state index in [0.717, 1.165) is 35.0 Å². The van der Waals surface area contributed by atoms with Gasteiger partial charge in [0.15, 0.2) is 17.5 Å². The van der Waals surface area contributed by atoms with Crippen LogP contribution < -0.4 is 14.8 Å². The van der Waals surface area contributed by atoms with Gasteiger partial charge < -0.3 is 19.4 Å². The number of hydrogen-bond donors (Lipinski definition) is 1. The molecule has 0 saturated carbocycles. The molecule has 0 spiro atoms. The van der Waals surface area contributed by atoms with Gasteiger partial charge in [-0.3, -0.25) is 0 Å². The van der Waals surface area contributed by atoms with E-state index in [1.165, 1.54) is 6.07 Å². The van der Waals surface area contributed by atoms with Crippen molar-refractivity contribution in [2.75, 3.05) is 13.2 Å². The van der Waals surface area contributed by atoms with E-state index in [4.69, 9.17) is 9.47 Å². The molecule has 0 radical (unpaired) electrons. The molecule has 0 fully saturated rings. The first kappa shape index (κ1) is 17.6. The van der Waals surface area contributed by atoms with Crippen LogP contribution in [0, 0.1) is 5.82 Å². The maximum Gasteiger partial charge on any atom is 0.163 e. The quantitative estimate of drug-likeness (QED) is 0.749. The van der Waals surface area contributed by atoms with Crippen LogP contribution in [0.3, 0.4) is 0 Å². The molecule has 1 aliphatic rings. The van der Waals surface area contributed by atoms with Crippen LogP contribution in [-0.2, 0) is 6.54 Å². The second kappa shape index (κ2) is 7.45. The lowest BCUT2D eigenvalue weighted by Crippen LogP contribution is -2.83. The molecule has 0 bridgehead atoms. The number of nitrogens with two attached hydrogens (primary N) is 1. The van der Waals surface area contributed by atoms with Crippen LogP contribution >= 0.6 is 0 Å². The van der Waals surface area contributed by atoms with Crippen LogP contribution in [0.15, 0.2) is 54.7 Å². The van der Waals surface area contributed by atoms with Gasteiger partial charge in [0.05, 0.1) is 30.2 Å². The van der Waals surface area contributed by atoms with Crippen LogP contribution in [-0.4, -0.2) is 17.8 Å². The van der Waals surface area contributed by atoms with Gasteiger partial charge in [-0.05, 0) is 44.2 Å². The Bertz CT molecular complexity index is 951. The van der Waals surface area contributed by atoms with Crippen molar-refractivity contribution in [3.05, 3.63) is 77.4 Å². The molecule has 3 aromatic rings. The molecule has 0 aliphatic carbocycles. The summed E-state index contributed by atoms with van der Waals surface area (Å²) in [5.74, 6) is 1.31. The first-order chi connectivity index (χ1) is 13.2. The molecule has 5 heteroatoms. The van der Waals surface area contributed by atoms with Gasteiger partial charge in [0.2, 0.25) is 0 Å². The van der Waals surface area contributed by atoms with Crippen LogP contribution in [0.5, 0.6) is 11.5 Å². The fourth-order valence-corrected chi connectivity index (χ4v) is 3.76. The summed E-state index contributed by atoms with van der Waals surface area (Å²) in [4.78, 5) is 0. The molecular formula is C22H24FN2O2+. The predicted octanol–water partition coefficient (Wildman–Crippen LogP) is 3.58. The average molecular weight is 367 g/mol. The fraction of sp³-hybridized carbons (Fsp3) is 0.273. The van der Waals surface area contributed by atoms with E-state index in [1.807, 2.05) is 50.4 Å². The van der Waals surface area contributed by atoms with E-state index in [2.05, 4.69) is 16.0 Å². The summed E-state index contributed by atoms with van der Waals surface area (Å²) >= 11 is 0. The maximum absolute atomic E-state index is 14.5. The van der Waals surface area contributed by atoms with Gasteiger partial charge in [-0.1, -0.05) is 12.1 Å². The molecule has 4 rings (SSSR count). The van der Waals surface area contributed by atoms with Crippen molar-refractivity contribution in [3.8, 4) is 17.2 Å². The number of quaternary nitrogens is 1. The smallest absolute Gasteiger partial charge is 0.163 e. The summed E-state index contributed by atoms with van der Waals surface area (Å²) in [6.45, 7) is 5.80. The highest BCUT2D eigenvalue weighted by atomic mass is 19.1. The molecule has 1 aromatic heterocycles. The van der Waals surface area contributed by atoms with Gasteiger partial charge in [-0.15, -0.1) is 0 Å². The van der Waals surface area contributed by atoms with Crippen LogP contribution in [0.25, 0.3) is 5.69 Å². The second-order valence-electron chi connectivity index (χ2n) is 6.54. The third kappa shape index (κ3) is 3.19. The minimum atomic E-state index is -0.178. The van der Waals surface area contributed by atoms with Crippen LogP contribution in [0.2, 0.25) is 0 Å². The minimum absolute atomic E-state index is 0.111. The summed E-state index contributed by atoms with van der Waals surface area (Å²) in [6.07, 6.45) is 2.03. The number of benzene rings is 2. The fourth-order valence-electron chi connectivity index (χ4n) is 3.76. The van der Waals surface area contributed by atoms with E-state index in [1.54, 1.807) is 6.07 Å². The predicted molar refractivity (Wildman–Crippen MR) is 102 cm³/mol. The molecule has 1 atom stereocenters. The van der Waals surface area contributed by atoms with Crippen molar-refractivity contribution in [1.82, 2.24) is 4.57 Å². The third-order valence-electron chi connectivity index (χ3n) is 4.92. The Morgan fingerprint density at radius 2 is 1.78 bits per heavy atom. The highest BCUT2D eigenvalue weighted by Crippen LogP contribution is 2.36. The number of aromatic nitrogens is 1. The summed E-state index contributed by atoms with van der Waals surface area (Å²) in [5.41, 5.74) is 3.93. The number of nitrogens with zero attached hydrogens (tertiary/aromatic N) is 1. The Balaban J connectivity index is 1.84. The summed E-state index contributed by atoms with van der Waals surface area (Å²) in [7, 11) is 0. The molecule has 1 aliphatic heterocycles. The Hall–Kier alpha value is -2.79. The van der Waals surface area contributed by atoms with E-state index in [9.17, 15) is 4.39 Å². The summed E-state index contributed by atoms with van der Waals surface area (Å²) in [6, 6.07) is 15.0. The molecule has 0 saturated heterocycles. The third-order valence-corrected chi connectivity index (χ3v) is 4.92. The highest BCUT2D eigenvalue weighted by molar-refractivity contribution is 5.56. The SMILES string of the molecule is CCOc1cc2c(cc1OCC)-n1cccc1[C@H](c1ccccc1F)[NH2+]C2. The number of hydrogen-bond acceptors (Lipinski definition) is 2. The molecule has 2 heterocycles. The Morgan fingerprint density at radius 1 is 1.04 bits per heavy atom. The lowest BCUT2D eigenvalue weighted by atomic mass is 10.0. The van der Waals surface area contributed by atoms with Gasteiger partial charge >= 0.3 is 0 Å². The average Bonchev–Trinajstić information content (AvgIpc) is 3.09. The van der Waals surface area contributed by atoms with Crippen molar-refractivity contribution in [3.63, 3.8) is 0 Å². The van der Waals surface area contributed by atoms with Gasteiger partial charge in [0.25, 0.3) is 0 Å². The van der Waals surface area contributed by atoms with Crippen LogP contribution in [0.4, 0.5) is 4.39 Å². The first-order valence-electron chi connectivity index (χ1n) is 9.40. The van der Waals surface area contributed by atoms with Crippen molar-refractivity contribution in [2.45, 2.75) is 26.4 Å². The van der Waals surface area contributed by atoms with Crippen LogP contribution in [0.1, 0.15) is 36.7 Å². The highest BCUT2D eigenvalue weighted by Gasteiger charge is 2.29. The Labute approximate surface area is 158 Å². The monoisotopic (exact) mass is 367 g/mol. The lowest BCUT2D eigenvalue weighted by molar-refractivity contribution is -0.702.